The maximum Gasteiger partial charge on any atom is 0.155 e. The van der Waals surface area contributed by atoms with Crippen LogP contribution in [0.25, 0.3) is 11.7 Å². The Hall–Kier alpha value is -0.800. The quantitative estimate of drug-likeness (QED) is 0.768. The number of pyridine rings is 1. The third-order valence-electron chi connectivity index (χ3n) is 2.04. The molecule has 0 aliphatic carbocycles. The van der Waals surface area contributed by atoms with E-state index >= 15 is 0 Å². The topological polar surface area (TPSA) is 17.3 Å². The molecule has 0 aliphatic rings. The Bertz CT molecular complexity index is 502. The van der Waals surface area contributed by atoms with Gasteiger partial charge in [-0.1, -0.05) is 39.7 Å². The summed E-state index contributed by atoms with van der Waals surface area (Å²) in [6.45, 7) is 2.05. The molecule has 1 unspecified atom stereocenters. The minimum atomic E-state index is 0.322. The summed E-state index contributed by atoms with van der Waals surface area (Å²) in [6.07, 6.45) is 5.96. The van der Waals surface area contributed by atoms with Gasteiger partial charge in [0.05, 0.1) is 5.69 Å². The first-order valence-corrected chi connectivity index (χ1v) is 5.92. The average Bonchev–Trinajstić information content (AvgIpc) is 2.50. The van der Waals surface area contributed by atoms with Crippen LogP contribution in [0.4, 0.5) is 0 Å². The van der Waals surface area contributed by atoms with Crippen molar-refractivity contribution in [2.75, 3.05) is 0 Å². The molecule has 0 aliphatic heterocycles. The standard InChI is InChI=1S/C11H10BrClN2/c1-8(12)5-6-9-11(13)14-10-4-2-3-7-15(9)10/h2-8H,1H3/b6-5+. The average molecular weight is 286 g/mol. The van der Waals surface area contributed by atoms with Crippen molar-refractivity contribution in [3.8, 4) is 0 Å². The SMILES string of the molecule is CC(Br)/C=C/c1c(Cl)nc2ccccn12. The van der Waals surface area contributed by atoms with E-state index in [1.165, 1.54) is 0 Å². The number of hydrogen-bond acceptors (Lipinski definition) is 1. The summed E-state index contributed by atoms with van der Waals surface area (Å²) in [5, 5.41) is 0.533. The van der Waals surface area contributed by atoms with Gasteiger partial charge in [-0.3, -0.25) is 4.40 Å². The molecule has 2 aromatic rings. The lowest BCUT2D eigenvalue weighted by Gasteiger charge is -1.96. The van der Waals surface area contributed by atoms with Crippen LogP contribution < -0.4 is 0 Å². The predicted molar refractivity (Wildman–Crippen MR) is 67.6 cm³/mol. The second kappa shape index (κ2) is 4.37. The number of alkyl halides is 1. The molecule has 0 saturated heterocycles. The number of imidazole rings is 1. The zero-order valence-electron chi connectivity index (χ0n) is 8.19. The molecule has 78 valence electrons. The highest BCUT2D eigenvalue weighted by Crippen LogP contribution is 2.19. The van der Waals surface area contributed by atoms with Crippen molar-refractivity contribution in [2.24, 2.45) is 0 Å². The largest absolute Gasteiger partial charge is 0.299 e. The summed E-state index contributed by atoms with van der Waals surface area (Å²) in [5.74, 6) is 0. The molecule has 0 radical (unpaired) electrons. The number of rotatable bonds is 2. The number of halogens is 2. The van der Waals surface area contributed by atoms with Gasteiger partial charge in [0.25, 0.3) is 0 Å². The zero-order valence-corrected chi connectivity index (χ0v) is 10.5. The van der Waals surface area contributed by atoms with Gasteiger partial charge in [-0.05, 0) is 25.1 Å². The highest BCUT2D eigenvalue weighted by Gasteiger charge is 2.06. The minimum Gasteiger partial charge on any atom is -0.299 e. The van der Waals surface area contributed by atoms with Gasteiger partial charge < -0.3 is 0 Å². The van der Waals surface area contributed by atoms with Crippen LogP contribution in [-0.4, -0.2) is 14.2 Å². The van der Waals surface area contributed by atoms with Crippen molar-refractivity contribution in [3.63, 3.8) is 0 Å². The molecule has 2 nitrogen and oxygen atoms in total. The monoisotopic (exact) mass is 284 g/mol. The summed E-state index contributed by atoms with van der Waals surface area (Å²) < 4.78 is 1.97. The molecule has 0 bridgehead atoms. The lowest BCUT2D eigenvalue weighted by molar-refractivity contribution is 1.16. The van der Waals surface area contributed by atoms with E-state index in [0.717, 1.165) is 11.3 Å². The third-order valence-corrected chi connectivity index (χ3v) is 2.62. The van der Waals surface area contributed by atoms with Crippen molar-refractivity contribution in [3.05, 3.63) is 41.3 Å². The smallest absolute Gasteiger partial charge is 0.155 e. The Morgan fingerprint density at radius 1 is 1.53 bits per heavy atom. The van der Waals surface area contributed by atoms with Gasteiger partial charge in [0.1, 0.15) is 5.65 Å². The van der Waals surface area contributed by atoms with Gasteiger partial charge in [0.15, 0.2) is 5.15 Å². The summed E-state index contributed by atoms with van der Waals surface area (Å²) >= 11 is 9.50. The van der Waals surface area contributed by atoms with E-state index in [4.69, 9.17) is 11.6 Å². The molecule has 0 aromatic carbocycles. The number of fused-ring (bicyclic) bond motifs is 1. The first-order chi connectivity index (χ1) is 7.18. The first-order valence-electron chi connectivity index (χ1n) is 4.63. The fraction of sp³-hybridized carbons (Fsp3) is 0.182. The summed E-state index contributed by atoms with van der Waals surface area (Å²) in [4.78, 5) is 4.57. The number of nitrogens with zero attached hydrogens (tertiary/aromatic N) is 2. The number of hydrogen-bond donors (Lipinski definition) is 0. The molecular weight excluding hydrogens is 275 g/mol. The van der Waals surface area contributed by atoms with Gasteiger partial charge in [0, 0.05) is 11.0 Å². The van der Waals surface area contributed by atoms with E-state index < -0.39 is 0 Å². The Balaban J connectivity index is 2.54. The Labute approximate surface area is 102 Å². The van der Waals surface area contributed by atoms with Crippen LogP contribution in [-0.2, 0) is 0 Å². The van der Waals surface area contributed by atoms with Gasteiger partial charge >= 0.3 is 0 Å². The van der Waals surface area contributed by atoms with E-state index in [-0.39, 0.29) is 0 Å². The van der Waals surface area contributed by atoms with E-state index in [0.29, 0.717) is 9.98 Å². The van der Waals surface area contributed by atoms with Crippen LogP contribution >= 0.6 is 27.5 Å². The second-order valence-electron chi connectivity index (χ2n) is 3.25. The fourth-order valence-corrected chi connectivity index (χ4v) is 1.75. The second-order valence-corrected chi connectivity index (χ2v) is 5.06. The van der Waals surface area contributed by atoms with Crippen LogP contribution in [0.3, 0.4) is 0 Å². The highest BCUT2D eigenvalue weighted by atomic mass is 79.9. The fourth-order valence-electron chi connectivity index (χ4n) is 1.36. The van der Waals surface area contributed by atoms with Gasteiger partial charge in [-0.15, -0.1) is 0 Å². The molecule has 0 saturated carbocycles. The van der Waals surface area contributed by atoms with E-state index in [2.05, 4.69) is 20.9 Å². The predicted octanol–water partition coefficient (Wildman–Crippen LogP) is 3.78. The van der Waals surface area contributed by atoms with Crippen LogP contribution in [0.15, 0.2) is 30.5 Å². The van der Waals surface area contributed by atoms with Crippen LogP contribution in [0.2, 0.25) is 5.15 Å². The highest BCUT2D eigenvalue weighted by molar-refractivity contribution is 9.09. The Morgan fingerprint density at radius 2 is 2.33 bits per heavy atom. The number of aromatic nitrogens is 2. The summed E-state index contributed by atoms with van der Waals surface area (Å²) in [6, 6.07) is 5.83. The molecule has 0 fully saturated rings. The molecule has 15 heavy (non-hydrogen) atoms. The zero-order chi connectivity index (χ0) is 10.8. The molecule has 0 N–H and O–H groups in total. The van der Waals surface area contributed by atoms with Crippen LogP contribution in [0.5, 0.6) is 0 Å². The minimum absolute atomic E-state index is 0.322. The molecule has 0 amide bonds. The van der Waals surface area contributed by atoms with Crippen molar-refractivity contribution in [2.45, 2.75) is 11.8 Å². The normalized spacial score (nSPS) is 13.8. The van der Waals surface area contributed by atoms with Crippen LogP contribution in [0, 0.1) is 0 Å². The summed E-state index contributed by atoms with van der Waals surface area (Å²) in [7, 11) is 0. The van der Waals surface area contributed by atoms with Gasteiger partial charge in [-0.25, -0.2) is 4.98 Å². The van der Waals surface area contributed by atoms with E-state index in [1.54, 1.807) is 0 Å². The molecule has 2 heterocycles. The molecule has 2 aromatic heterocycles. The first kappa shape index (κ1) is 10.7. The van der Waals surface area contributed by atoms with E-state index in [9.17, 15) is 0 Å². The van der Waals surface area contributed by atoms with E-state index in [1.807, 2.05) is 47.9 Å². The van der Waals surface area contributed by atoms with Gasteiger partial charge in [0.2, 0.25) is 0 Å². The summed E-state index contributed by atoms with van der Waals surface area (Å²) in [5.41, 5.74) is 1.78. The Morgan fingerprint density at radius 3 is 3.07 bits per heavy atom. The van der Waals surface area contributed by atoms with Gasteiger partial charge in [-0.2, -0.15) is 0 Å². The maximum absolute atomic E-state index is 6.05. The molecule has 0 spiro atoms. The number of allylic oxidation sites excluding steroid dienone is 1. The maximum atomic E-state index is 6.05. The van der Waals surface area contributed by atoms with Crippen molar-refractivity contribution >= 4 is 39.3 Å². The third kappa shape index (κ3) is 2.24. The van der Waals surface area contributed by atoms with Crippen molar-refractivity contribution in [1.29, 1.82) is 0 Å². The van der Waals surface area contributed by atoms with Crippen molar-refractivity contribution < 1.29 is 0 Å². The lowest BCUT2D eigenvalue weighted by atomic mass is 10.3. The molecule has 2 rings (SSSR count). The molecular formula is C11H10BrClN2. The molecule has 4 heteroatoms. The van der Waals surface area contributed by atoms with Crippen LogP contribution in [0.1, 0.15) is 12.6 Å². The molecule has 1 atom stereocenters. The lowest BCUT2D eigenvalue weighted by Crippen LogP contribution is -1.87. The van der Waals surface area contributed by atoms with Crippen molar-refractivity contribution in [1.82, 2.24) is 9.38 Å². The Kier molecular flexibility index (Phi) is 3.12.